The molecule has 1 aliphatic heterocycles. The predicted molar refractivity (Wildman–Crippen MR) is 66.8 cm³/mol. The van der Waals surface area contributed by atoms with Crippen molar-refractivity contribution in [3.05, 3.63) is 0 Å². The molecule has 1 rings (SSSR count). The van der Waals surface area contributed by atoms with Crippen molar-refractivity contribution < 1.29 is 9.90 Å². The Morgan fingerprint density at radius 1 is 1.29 bits per heavy atom. The van der Waals surface area contributed by atoms with Crippen LogP contribution in [0.25, 0.3) is 0 Å². The summed E-state index contributed by atoms with van der Waals surface area (Å²) >= 11 is 0. The van der Waals surface area contributed by atoms with Gasteiger partial charge in [-0.2, -0.15) is 0 Å². The van der Waals surface area contributed by atoms with Crippen LogP contribution in [0.4, 0.5) is 0 Å². The maximum Gasteiger partial charge on any atom is 0.303 e. The third-order valence-electron chi connectivity index (χ3n) is 1.93. The molecule has 0 spiro atoms. The SMILES string of the molecule is Cl.Cl.Cl.Cl.O=C(O)CC[C@@H]1CCNC1. The number of aliphatic carboxylic acids is 1. The molecule has 1 aliphatic rings. The van der Waals surface area contributed by atoms with Crippen LogP contribution < -0.4 is 5.32 Å². The number of halogens is 4. The Morgan fingerprint density at radius 3 is 2.21 bits per heavy atom. The molecule has 7 heteroatoms. The van der Waals surface area contributed by atoms with Crippen molar-refractivity contribution in [3.8, 4) is 0 Å². The van der Waals surface area contributed by atoms with Crippen molar-refractivity contribution in [2.75, 3.05) is 13.1 Å². The number of carboxylic acids is 1. The lowest BCUT2D eigenvalue weighted by atomic mass is 10.0. The van der Waals surface area contributed by atoms with E-state index in [2.05, 4.69) is 5.32 Å². The van der Waals surface area contributed by atoms with Gasteiger partial charge in [0.25, 0.3) is 0 Å². The molecule has 90 valence electrons. The maximum atomic E-state index is 10.1. The molecule has 1 heterocycles. The highest BCUT2D eigenvalue weighted by Gasteiger charge is 2.14. The van der Waals surface area contributed by atoms with Crippen LogP contribution in [0.2, 0.25) is 0 Å². The maximum absolute atomic E-state index is 10.1. The Labute approximate surface area is 109 Å². The van der Waals surface area contributed by atoms with Crippen molar-refractivity contribution in [1.82, 2.24) is 5.32 Å². The zero-order valence-electron chi connectivity index (χ0n) is 7.60. The van der Waals surface area contributed by atoms with E-state index in [9.17, 15) is 4.79 Å². The second-order valence-corrected chi connectivity index (χ2v) is 2.79. The van der Waals surface area contributed by atoms with Crippen LogP contribution in [-0.2, 0) is 4.79 Å². The van der Waals surface area contributed by atoms with Gasteiger partial charge in [0.2, 0.25) is 0 Å². The molecule has 1 fully saturated rings. The predicted octanol–water partition coefficient (Wildman–Crippen LogP) is 2.15. The molecule has 0 unspecified atom stereocenters. The molecule has 1 atom stereocenters. The summed E-state index contributed by atoms with van der Waals surface area (Å²) in [6.07, 6.45) is 2.31. The highest BCUT2D eigenvalue weighted by molar-refractivity contribution is 5.86. The van der Waals surface area contributed by atoms with E-state index in [1.807, 2.05) is 0 Å². The van der Waals surface area contributed by atoms with E-state index in [0.717, 1.165) is 25.9 Å². The van der Waals surface area contributed by atoms with Crippen molar-refractivity contribution in [3.63, 3.8) is 0 Å². The van der Waals surface area contributed by atoms with E-state index in [0.29, 0.717) is 12.3 Å². The summed E-state index contributed by atoms with van der Waals surface area (Å²) in [6, 6.07) is 0. The third-order valence-corrected chi connectivity index (χ3v) is 1.93. The molecule has 3 nitrogen and oxygen atoms in total. The molecule has 0 amide bonds. The first-order valence-corrected chi connectivity index (χ1v) is 3.71. The van der Waals surface area contributed by atoms with Crippen molar-refractivity contribution in [1.29, 1.82) is 0 Å². The topological polar surface area (TPSA) is 49.3 Å². The van der Waals surface area contributed by atoms with Gasteiger partial charge in [0, 0.05) is 6.42 Å². The largest absolute Gasteiger partial charge is 0.481 e. The first-order valence-electron chi connectivity index (χ1n) is 3.71. The minimum atomic E-state index is -0.674. The highest BCUT2D eigenvalue weighted by Crippen LogP contribution is 2.13. The van der Waals surface area contributed by atoms with Crippen LogP contribution in [0.5, 0.6) is 0 Å². The first-order chi connectivity index (χ1) is 4.79. The van der Waals surface area contributed by atoms with Crippen LogP contribution in [0.1, 0.15) is 19.3 Å². The van der Waals surface area contributed by atoms with Crippen LogP contribution >= 0.6 is 49.6 Å². The second kappa shape index (κ2) is 13.6. The summed E-state index contributed by atoms with van der Waals surface area (Å²) < 4.78 is 0. The molecule has 0 saturated carbocycles. The van der Waals surface area contributed by atoms with Gasteiger partial charge in [-0.05, 0) is 31.8 Å². The van der Waals surface area contributed by atoms with E-state index in [1.54, 1.807) is 0 Å². The van der Waals surface area contributed by atoms with Crippen molar-refractivity contribution in [2.24, 2.45) is 5.92 Å². The van der Waals surface area contributed by atoms with Crippen LogP contribution in [0, 0.1) is 5.92 Å². The minimum Gasteiger partial charge on any atom is -0.481 e. The van der Waals surface area contributed by atoms with Crippen molar-refractivity contribution >= 4 is 55.6 Å². The van der Waals surface area contributed by atoms with E-state index >= 15 is 0 Å². The summed E-state index contributed by atoms with van der Waals surface area (Å²) in [5.74, 6) is -0.0667. The molecule has 0 radical (unpaired) electrons. The number of rotatable bonds is 3. The van der Waals surface area contributed by atoms with E-state index in [1.165, 1.54) is 0 Å². The lowest BCUT2D eigenvalue weighted by Crippen LogP contribution is -2.10. The number of hydrogen-bond donors (Lipinski definition) is 2. The smallest absolute Gasteiger partial charge is 0.303 e. The first kappa shape index (κ1) is 24.0. The second-order valence-electron chi connectivity index (χ2n) is 2.79. The molecule has 0 aromatic rings. The van der Waals surface area contributed by atoms with E-state index in [4.69, 9.17) is 5.11 Å². The van der Waals surface area contributed by atoms with Gasteiger partial charge >= 0.3 is 5.97 Å². The van der Waals surface area contributed by atoms with Crippen LogP contribution in [-0.4, -0.2) is 24.2 Å². The molecule has 14 heavy (non-hydrogen) atoms. The number of carbonyl (C=O) groups is 1. The standard InChI is InChI=1S/C7H13NO2.4ClH/c9-7(10)2-1-6-3-4-8-5-6;;;;/h6,8H,1-5H2,(H,9,10);4*1H/t6-;;;;/m1..../s1. The van der Waals surface area contributed by atoms with Gasteiger partial charge in [0.1, 0.15) is 0 Å². The Hall–Kier alpha value is 0.590. The minimum absolute atomic E-state index is 0. The Balaban J connectivity index is -0.000000125. The quantitative estimate of drug-likeness (QED) is 0.837. The van der Waals surface area contributed by atoms with Crippen LogP contribution in [0.15, 0.2) is 0 Å². The fraction of sp³-hybridized carbons (Fsp3) is 0.857. The zero-order chi connectivity index (χ0) is 7.40. The van der Waals surface area contributed by atoms with E-state index < -0.39 is 5.97 Å². The fourth-order valence-corrected chi connectivity index (χ4v) is 1.29. The van der Waals surface area contributed by atoms with Crippen LogP contribution in [0.3, 0.4) is 0 Å². The molecule has 0 aliphatic carbocycles. The Kier molecular flexibility index (Phi) is 23.3. The number of nitrogens with one attached hydrogen (secondary N) is 1. The highest BCUT2D eigenvalue weighted by atomic mass is 35.5. The molecule has 1 saturated heterocycles. The lowest BCUT2D eigenvalue weighted by molar-refractivity contribution is -0.137. The van der Waals surface area contributed by atoms with Gasteiger partial charge in [-0.1, -0.05) is 0 Å². The Bertz CT molecular complexity index is 131. The van der Waals surface area contributed by atoms with Gasteiger partial charge < -0.3 is 10.4 Å². The normalized spacial score (nSPS) is 17.9. The summed E-state index contributed by atoms with van der Waals surface area (Å²) in [4.78, 5) is 10.1. The van der Waals surface area contributed by atoms with Crippen molar-refractivity contribution in [2.45, 2.75) is 19.3 Å². The van der Waals surface area contributed by atoms with E-state index in [-0.39, 0.29) is 49.6 Å². The molecule has 2 N–H and O–H groups in total. The molecular formula is C7H17Cl4NO2. The molecule has 0 aromatic heterocycles. The molecule has 0 aromatic carbocycles. The summed E-state index contributed by atoms with van der Waals surface area (Å²) in [6.45, 7) is 2.07. The summed E-state index contributed by atoms with van der Waals surface area (Å²) in [5, 5.41) is 11.6. The third kappa shape index (κ3) is 10.7. The number of hydrogen-bond acceptors (Lipinski definition) is 2. The summed E-state index contributed by atoms with van der Waals surface area (Å²) in [5.41, 5.74) is 0. The van der Waals surface area contributed by atoms with Gasteiger partial charge in [-0.15, -0.1) is 49.6 Å². The average Bonchev–Trinajstić information content (AvgIpc) is 2.34. The van der Waals surface area contributed by atoms with Gasteiger partial charge in [0.05, 0.1) is 0 Å². The summed E-state index contributed by atoms with van der Waals surface area (Å²) in [7, 11) is 0. The molecule has 0 bridgehead atoms. The molecular weight excluding hydrogens is 272 g/mol. The monoisotopic (exact) mass is 287 g/mol. The lowest BCUT2D eigenvalue weighted by Gasteiger charge is -2.03. The number of carboxylic acid groups (broad SMARTS) is 1. The van der Waals surface area contributed by atoms with Gasteiger partial charge in [0.15, 0.2) is 0 Å². The zero-order valence-corrected chi connectivity index (χ0v) is 10.9. The van der Waals surface area contributed by atoms with Gasteiger partial charge in [-0.3, -0.25) is 4.79 Å². The fourth-order valence-electron chi connectivity index (χ4n) is 1.29. The average molecular weight is 289 g/mol. The Morgan fingerprint density at radius 2 is 1.86 bits per heavy atom. The van der Waals surface area contributed by atoms with Gasteiger partial charge in [-0.25, -0.2) is 0 Å².